The summed E-state index contributed by atoms with van der Waals surface area (Å²) in [5.41, 5.74) is -6.06. The second-order valence-corrected chi connectivity index (χ2v) is 16.4. The van der Waals surface area contributed by atoms with Crippen LogP contribution < -0.4 is 0 Å². The van der Waals surface area contributed by atoms with Crippen LogP contribution >= 0.6 is 0 Å². The molecule has 1 aromatic carbocycles. The number of aromatic nitrogens is 1. The molecular formula is C44H51NO17. The molecule has 0 amide bonds. The van der Waals surface area contributed by atoms with Crippen molar-refractivity contribution in [3.8, 4) is 0 Å². The monoisotopic (exact) mass is 865 g/mol. The first kappa shape index (κ1) is 45.6. The van der Waals surface area contributed by atoms with Crippen LogP contribution in [0.25, 0.3) is 0 Å². The number of ether oxygens (including phenoxy) is 9. The Morgan fingerprint density at radius 2 is 1.39 bits per heavy atom. The number of nitrogens with zero attached hydrogens (tertiary/aromatic N) is 1. The van der Waals surface area contributed by atoms with E-state index in [0.717, 1.165) is 34.6 Å². The lowest BCUT2D eigenvalue weighted by Crippen LogP contribution is -2.84. The molecule has 3 heterocycles. The van der Waals surface area contributed by atoms with Gasteiger partial charge in [0, 0.05) is 59.1 Å². The lowest BCUT2D eigenvalue weighted by atomic mass is 9.46. The number of cyclic esters (lactones) is 1. The minimum Gasteiger partial charge on any atom is -0.465 e. The van der Waals surface area contributed by atoms with E-state index in [1.54, 1.807) is 24.3 Å². The number of hydrogen-bond acceptors (Lipinski definition) is 18. The van der Waals surface area contributed by atoms with Crippen molar-refractivity contribution in [3.63, 3.8) is 0 Å². The van der Waals surface area contributed by atoms with Crippen LogP contribution in [0.1, 0.15) is 107 Å². The van der Waals surface area contributed by atoms with Crippen molar-refractivity contribution < 1.29 is 81.0 Å². The molecule has 334 valence electrons. The summed E-state index contributed by atoms with van der Waals surface area (Å²) in [5, 5.41) is 0. The Morgan fingerprint density at radius 1 is 0.774 bits per heavy atom. The molecule has 4 aliphatic rings. The van der Waals surface area contributed by atoms with Gasteiger partial charge < -0.3 is 42.6 Å². The number of pyridine rings is 1. The number of carbonyl (C=O) groups is 8. The number of hydrogen-bond donors (Lipinski definition) is 0. The Balaban J connectivity index is 1.75. The van der Waals surface area contributed by atoms with Crippen LogP contribution in [0, 0.1) is 17.3 Å². The molecule has 6 rings (SSSR count). The van der Waals surface area contributed by atoms with Crippen LogP contribution in [0.3, 0.4) is 0 Å². The predicted octanol–water partition coefficient (Wildman–Crippen LogP) is 3.75. The summed E-state index contributed by atoms with van der Waals surface area (Å²) in [6, 6.07) is 10.9. The van der Waals surface area contributed by atoms with Gasteiger partial charge in [-0.05, 0) is 44.0 Å². The second-order valence-electron chi connectivity index (χ2n) is 16.4. The summed E-state index contributed by atoms with van der Waals surface area (Å²) in [6.45, 7) is 8.65. The molecule has 18 nitrogen and oxygen atoms in total. The number of benzene rings is 1. The largest absolute Gasteiger partial charge is 0.465 e. The maximum atomic E-state index is 14.4. The lowest BCUT2D eigenvalue weighted by Gasteiger charge is -2.65. The smallest absolute Gasteiger partial charge is 0.340 e. The van der Waals surface area contributed by atoms with E-state index in [1.165, 1.54) is 38.2 Å². The minimum atomic E-state index is -2.36. The minimum absolute atomic E-state index is 0.0608. The highest BCUT2D eigenvalue weighted by molar-refractivity contribution is 5.91. The van der Waals surface area contributed by atoms with Crippen molar-refractivity contribution in [3.05, 3.63) is 65.5 Å². The zero-order chi connectivity index (χ0) is 45.3. The molecule has 3 fully saturated rings. The van der Waals surface area contributed by atoms with E-state index in [2.05, 4.69) is 4.98 Å². The lowest BCUT2D eigenvalue weighted by molar-refractivity contribution is -0.348. The topological polar surface area (TPSA) is 233 Å². The first-order valence-electron chi connectivity index (χ1n) is 20.4. The highest BCUT2D eigenvalue weighted by Gasteiger charge is 2.88. The van der Waals surface area contributed by atoms with Gasteiger partial charge in [-0.25, -0.2) is 9.59 Å². The van der Waals surface area contributed by atoms with Crippen LogP contribution in [0.2, 0.25) is 0 Å². The maximum absolute atomic E-state index is 14.4. The molecule has 2 saturated carbocycles. The van der Waals surface area contributed by atoms with E-state index in [-0.39, 0.29) is 24.0 Å². The zero-order valence-corrected chi connectivity index (χ0v) is 35.7. The van der Waals surface area contributed by atoms with Crippen LogP contribution in [-0.2, 0) is 71.4 Å². The molecule has 18 heteroatoms. The fourth-order valence-electron chi connectivity index (χ4n) is 10.1. The molecule has 4 bridgehead atoms. The summed E-state index contributed by atoms with van der Waals surface area (Å²) in [4.78, 5) is 114. The summed E-state index contributed by atoms with van der Waals surface area (Å²) >= 11 is 0. The molecule has 0 radical (unpaired) electrons. The third-order valence-electron chi connectivity index (χ3n) is 12.4. The Bertz CT molecular complexity index is 2110. The number of rotatable bonds is 9. The SMILES string of the molecule is CC[C@H]1CCC(=O)O[C@H]2[C@H](OC(C)=O)[C@H](OC(C)=O)[C@@]3(COC(C)=O)[C@H](OC(C)=O)[C@H](OC(C)=O)[C@@H]4[C@@H](OC(=O)c5ccccc5)[C@]3(O[C@@]4(C)COC(=O)c3cccnc31)[C@@H]2C. The highest BCUT2D eigenvalue weighted by atomic mass is 16.7. The van der Waals surface area contributed by atoms with Crippen LogP contribution in [-0.4, -0.2) is 114 Å². The van der Waals surface area contributed by atoms with Gasteiger partial charge in [-0.15, -0.1) is 0 Å². The molecule has 1 spiro atoms. The second kappa shape index (κ2) is 17.8. The molecule has 2 aromatic rings. The molecule has 1 saturated heterocycles. The van der Waals surface area contributed by atoms with Crippen LogP contribution in [0.5, 0.6) is 0 Å². The average Bonchev–Trinajstić information content (AvgIpc) is 3.42. The van der Waals surface area contributed by atoms with E-state index >= 15 is 0 Å². The average molecular weight is 866 g/mol. The van der Waals surface area contributed by atoms with Gasteiger partial charge in [-0.3, -0.25) is 33.8 Å². The maximum Gasteiger partial charge on any atom is 0.340 e. The van der Waals surface area contributed by atoms with Gasteiger partial charge in [0.25, 0.3) is 0 Å². The Kier molecular flexibility index (Phi) is 13.1. The van der Waals surface area contributed by atoms with E-state index in [0.29, 0.717) is 12.1 Å². The van der Waals surface area contributed by atoms with Crippen molar-refractivity contribution in [2.24, 2.45) is 17.3 Å². The zero-order valence-electron chi connectivity index (χ0n) is 35.7. The normalized spacial score (nSPS) is 33.8. The fraction of sp³-hybridized carbons (Fsp3) is 0.568. The van der Waals surface area contributed by atoms with Gasteiger partial charge in [0.15, 0.2) is 18.3 Å². The molecule has 0 unspecified atom stereocenters. The van der Waals surface area contributed by atoms with Gasteiger partial charge in [0.05, 0.1) is 22.7 Å². The van der Waals surface area contributed by atoms with Crippen molar-refractivity contribution in [1.82, 2.24) is 4.98 Å². The molecule has 0 N–H and O–H groups in total. The first-order valence-corrected chi connectivity index (χ1v) is 20.4. The summed E-state index contributed by atoms with van der Waals surface area (Å²) in [7, 11) is 0. The first-order chi connectivity index (χ1) is 29.3. The van der Waals surface area contributed by atoms with Gasteiger partial charge in [-0.1, -0.05) is 32.0 Å². The van der Waals surface area contributed by atoms with Crippen LogP contribution in [0.15, 0.2) is 48.7 Å². The molecule has 1 aromatic heterocycles. The van der Waals surface area contributed by atoms with Gasteiger partial charge in [0.2, 0.25) is 0 Å². The number of fused-ring (bicyclic) bond motifs is 5. The molecule has 62 heavy (non-hydrogen) atoms. The van der Waals surface area contributed by atoms with E-state index in [9.17, 15) is 38.4 Å². The Hall–Kier alpha value is -5.91. The molecule has 2 aliphatic heterocycles. The number of carbonyl (C=O) groups excluding carboxylic acids is 8. The third-order valence-corrected chi connectivity index (χ3v) is 12.4. The van der Waals surface area contributed by atoms with Gasteiger partial charge in [0.1, 0.15) is 48.1 Å². The van der Waals surface area contributed by atoms with Crippen molar-refractivity contribution in [1.29, 1.82) is 0 Å². The summed E-state index contributed by atoms with van der Waals surface area (Å²) < 4.78 is 56.2. The molecular weight excluding hydrogens is 814 g/mol. The summed E-state index contributed by atoms with van der Waals surface area (Å²) in [5.74, 6) is -10.5. The Labute approximate surface area is 357 Å². The molecule has 12 atom stereocenters. The third kappa shape index (κ3) is 8.11. The Morgan fingerprint density at radius 3 is 1.98 bits per heavy atom. The van der Waals surface area contributed by atoms with Gasteiger partial charge in [-0.2, -0.15) is 0 Å². The molecule has 2 aliphatic carbocycles. The fourth-order valence-corrected chi connectivity index (χ4v) is 10.1. The van der Waals surface area contributed by atoms with Crippen molar-refractivity contribution >= 4 is 47.8 Å². The van der Waals surface area contributed by atoms with Gasteiger partial charge >= 0.3 is 47.8 Å². The standard InChI is InChI=1S/C44H51NO17/c1-9-28-17-18-31(51)60-34-22(2)44-37(61-40(52)29-14-11-10-12-15-29)32(42(8,62-44)20-55-41(53)30-16-13-19-45-33(28)30)35(56-24(4)47)38(58-26(6)49)43(44,21-54-23(3)46)39(59-27(7)50)36(34)57-25(5)48/h10-16,19,22,28,32,34-39H,9,17-18,20-21H2,1-8H3/t22-,28+,32-,34-,35-,36+,37-,38-,39+,42+,43-,44-/m1/s1. The van der Waals surface area contributed by atoms with Crippen LogP contribution in [0.4, 0.5) is 0 Å². The quantitative estimate of drug-likeness (QED) is 0.258. The van der Waals surface area contributed by atoms with Crippen molar-refractivity contribution in [2.45, 2.75) is 128 Å². The number of esters is 8. The summed E-state index contributed by atoms with van der Waals surface area (Å²) in [6.07, 6.45) is -8.72. The van der Waals surface area contributed by atoms with E-state index < -0.39 is 132 Å². The van der Waals surface area contributed by atoms with E-state index in [1.807, 2.05) is 6.92 Å². The van der Waals surface area contributed by atoms with Crippen molar-refractivity contribution in [2.75, 3.05) is 13.2 Å². The van der Waals surface area contributed by atoms with E-state index in [4.69, 9.17) is 42.6 Å². The highest BCUT2D eigenvalue weighted by Crippen LogP contribution is 2.69. The predicted molar refractivity (Wildman–Crippen MR) is 208 cm³/mol.